The Kier molecular flexibility index (Phi) is 4.73. The lowest BCUT2D eigenvalue weighted by molar-refractivity contribution is 0.572. The molecule has 6 heteroatoms. The van der Waals surface area contributed by atoms with Crippen molar-refractivity contribution >= 4 is 32.7 Å². The van der Waals surface area contributed by atoms with Gasteiger partial charge in [0.25, 0.3) is 0 Å². The molecule has 22 heavy (non-hydrogen) atoms. The summed E-state index contributed by atoms with van der Waals surface area (Å²) in [6, 6.07) is 14.8. The fourth-order valence-electron chi connectivity index (χ4n) is 2.20. The van der Waals surface area contributed by atoms with Crippen LogP contribution in [0.3, 0.4) is 0 Å². The molecule has 3 aromatic rings. The first-order valence-corrected chi connectivity index (χ1v) is 10.2. The maximum Gasteiger partial charge on any atom is 0.216 e. The van der Waals surface area contributed by atoms with Gasteiger partial charge >= 0.3 is 0 Å². The van der Waals surface area contributed by atoms with Gasteiger partial charge in [-0.25, -0.2) is 13.1 Å². The highest BCUT2D eigenvalue weighted by Crippen LogP contribution is 2.28. The van der Waals surface area contributed by atoms with Crippen molar-refractivity contribution in [3.05, 3.63) is 80.7 Å². The molecule has 0 unspecified atom stereocenters. The first kappa shape index (κ1) is 15.4. The first-order valence-electron chi connectivity index (χ1n) is 6.73. The summed E-state index contributed by atoms with van der Waals surface area (Å²) in [5.41, 5.74) is 1.76. The summed E-state index contributed by atoms with van der Waals surface area (Å²) in [6.07, 6.45) is 0. The Morgan fingerprint density at radius 2 is 1.82 bits per heavy atom. The normalized spacial score (nSPS) is 13.1. The number of thiophene rings is 2. The van der Waals surface area contributed by atoms with Crippen molar-refractivity contribution in [1.29, 1.82) is 0 Å². The number of hydrogen-bond donors (Lipinski definition) is 1. The Hall–Kier alpha value is -1.47. The minimum atomic E-state index is -3.42. The molecule has 2 heterocycles. The molecule has 0 aliphatic heterocycles. The largest absolute Gasteiger partial charge is 0.216 e. The van der Waals surface area contributed by atoms with Crippen molar-refractivity contribution in [2.24, 2.45) is 0 Å². The fourth-order valence-corrected chi connectivity index (χ4v) is 5.10. The van der Waals surface area contributed by atoms with Crippen LogP contribution in [0, 0.1) is 0 Å². The highest BCUT2D eigenvalue weighted by Gasteiger charge is 2.22. The monoisotopic (exact) mass is 349 g/mol. The SMILES string of the molecule is O=S(=O)(Cc1ccccc1)N[C@H](c1ccsc1)c1cccs1. The number of nitrogens with one attached hydrogen (secondary N) is 1. The molecule has 2 aromatic heterocycles. The molecule has 0 radical (unpaired) electrons. The molecule has 0 saturated heterocycles. The summed E-state index contributed by atoms with van der Waals surface area (Å²) >= 11 is 3.12. The Balaban J connectivity index is 1.84. The van der Waals surface area contributed by atoms with Crippen molar-refractivity contribution in [2.75, 3.05) is 0 Å². The second kappa shape index (κ2) is 6.75. The lowest BCUT2D eigenvalue weighted by Crippen LogP contribution is -2.29. The van der Waals surface area contributed by atoms with E-state index in [-0.39, 0.29) is 11.8 Å². The molecule has 0 fully saturated rings. The molecule has 3 rings (SSSR count). The second-order valence-electron chi connectivity index (χ2n) is 4.87. The number of hydrogen-bond acceptors (Lipinski definition) is 4. The molecule has 0 bridgehead atoms. The van der Waals surface area contributed by atoms with Crippen LogP contribution in [0.15, 0.2) is 64.7 Å². The molecule has 0 aliphatic carbocycles. The Morgan fingerprint density at radius 3 is 2.45 bits per heavy atom. The van der Waals surface area contributed by atoms with Gasteiger partial charge in [-0.05, 0) is 39.4 Å². The van der Waals surface area contributed by atoms with Crippen LogP contribution in [0.2, 0.25) is 0 Å². The molecule has 3 nitrogen and oxygen atoms in total. The Morgan fingerprint density at radius 1 is 1.00 bits per heavy atom. The van der Waals surface area contributed by atoms with Gasteiger partial charge in [-0.2, -0.15) is 11.3 Å². The van der Waals surface area contributed by atoms with Crippen LogP contribution in [0.4, 0.5) is 0 Å². The van der Waals surface area contributed by atoms with Gasteiger partial charge in [0.15, 0.2) is 0 Å². The summed E-state index contributed by atoms with van der Waals surface area (Å²) in [5, 5.41) is 5.90. The van der Waals surface area contributed by atoms with Crippen molar-refractivity contribution in [1.82, 2.24) is 4.72 Å². The summed E-state index contributed by atoms with van der Waals surface area (Å²) in [7, 11) is -3.42. The van der Waals surface area contributed by atoms with E-state index in [0.717, 1.165) is 16.0 Å². The number of sulfonamides is 1. The highest BCUT2D eigenvalue weighted by atomic mass is 32.2. The van der Waals surface area contributed by atoms with Crippen molar-refractivity contribution < 1.29 is 8.42 Å². The lowest BCUT2D eigenvalue weighted by atomic mass is 10.1. The van der Waals surface area contributed by atoms with Gasteiger partial charge in [0.1, 0.15) is 0 Å². The van der Waals surface area contributed by atoms with Gasteiger partial charge in [0.2, 0.25) is 10.0 Å². The van der Waals surface area contributed by atoms with E-state index in [9.17, 15) is 8.42 Å². The maximum atomic E-state index is 12.5. The predicted octanol–water partition coefficient (Wildman–Crippen LogP) is 4.02. The zero-order chi connectivity index (χ0) is 15.4. The summed E-state index contributed by atoms with van der Waals surface area (Å²) in [6.45, 7) is 0. The van der Waals surface area contributed by atoms with Gasteiger partial charge in [0.05, 0.1) is 11.8 Å². The fraction of sp³-hybridized carbons (Fsp3) is 0.125. The summed E-state index contributed by atoms with van der Waals surface area (Å²) in [5.74, 6) is -0.0140. The minimum Gasteiger partial charge on any atom is -0.212 e. The third-order valence-corrected chi connectivity index (χ3v) is 6.15. The van der Waals surface area contributed by atoms with E-state index in [1.165, 1.54) is 0 Å². The third kappa shape index (κ3) is 3.84. The standard InChI is InChI=1S/C16H15NO2S3/c18-22(19,12-13-5-2-1-3-6-13)17-16(14-8-10-20-11-14)15-7-4-9-21-15/h1-11,16-17H,12H2/t16-/m1/s1. The van der Waals surface area contributed by atoms with E-state index in [2.05, 4.69) is 4.72 Å². The van der Waals surface area contributed by atoms with Crippen molar-refractivity contribution in [2.45, 2.75) is 11.8 Å². The second-order valence-corrected chi connectivity index (χ2v) is 8.38. The third-order valence-electron chi connectivity index (χ3n) is 3.20. The van der Waals surface area contributed by atoms with E-state index in [1.54, 1.807) is 22.7 Å². The molecule has 0 spiro atoms. The smallest absolute Gasteiger partial charge is 0.212 e. The van der Waals surface area contributed by atoms with E-state index in [1.807, 2.05) is 64.7 Å². The van der Waals surface area contributed by atoms with E-state index < -0.39 is 10.0 Å². The summed E-state index contributed by atoms with van der Waals surface area (Å²) < 4.78 is 27.8. The maximum absolute atomic E-state index is 12.5. The van der Waals surface area contributed by atoms with Gasteiger partial charge < -0.3 is 0 Å². The molecule has 1 atom stereocenters. The molecule has 1 aromatic carbocycles. The van der Waals surface area contributed by atoms with Crippen LogP contribution >= 0.6 is 22.7 Å². The van der Waals surface area contributed by atoms with Crippen LogP contribution in [0.25, 0.3) is 0 Å². The molecule has 1 N–H and O–H groups in total. The minimum absolute atomic E-state index is 0.0140. The van der Waals surface area contributed by atoms with Crippen LogP contribution in [0.1, 0.15) is 22.0 Å². The number of rotatable bonds is 6. The zero-order valence-electron chi connectivity index (χ0n) is 11.7. The molecule has 0 saturated carbocycles. The van der Waals surface area contributed by atoms with E-state index >= 15 is 0 Å². The number of benzene rings is 1. The average molecular weight is 350 g/mol. The van der Waals surface area contributed by atoms with Crippen molar-refractivity contribution in [3.63, 3.8) is 0 Å². The Bertz CT molecular complexity index is 760. The summed E-state index contributed by atoms with van der Waals surface area (Å²) in [4.78, 5) is 0.995. The molecular formula is C16H15NO2S3. The quantitative estimate of drug-likeness (QED) is 0.730. The molecule has 114 valence electrons. The first-order chi connectivity index (χ1) is 10.6. The average Bonchev–Trinajstić information content (AvgIpc) is 3.19. The van der Waals surface area contributed by atoms with Gasteiger partial charge in [-0.3, -0.25) is 0 Å². The topological polar surface area (TPSA) is 46.2 Å². The van der Waals surface area contributed by atoms with Crippen molar-refractivity contribution in [3.8, 4) is 0 Å². The van der Waals surface area contributed by atoms with Crippen LogP contribution in [0.5, 0.6) is 0 Å². The van der Waals surface area contributed by atoms with Gasteiger partial charge in [-0.15, -0.1) is 11.3 Å². The highest BCUT2D eigenvalue weighted by molar-refractivity contribution is 7.88. The van der Waals surface area contributed by atoms with Crippen LogP contribution in [-0.2, 0) is 15.8 Å². The zero-order valence-corrected chi connectivity index (χ0v) is 14.1. The van der Waals surface area contributed by atoms with Gasteiger partial charge in [-0.1, -0.05) is 36.4 Å². The van der Waals surface area contributed by atoms with Gasteiger partial charge in [0, 0.05) is 4.88 Å². The van der Waals surface area contributed by atoms with Crippen LogP contribution in [-0.4, -0.2) is 8.42 Å². The Labute approximate surface area is 138 Å². The van der Waals surface area contributed by atoms with E-state index in [4.69, 9.17) is 0 Å². The lowest BCUT2D eigenvalue weighted by Gasteiger charge is -2.17. The molecule has 0 aliphatic rings. The van der Waals surface area contributed by atoms with E-state index in [0.29, 0.717) is 0 Å². The molecular weight excluding hydrogens is 334 g/mol. The predicted molar refractivity (Wildman–Crippen MR) is 92.7 cm³/mol. The van der Waals surface area contributed by atoms with Crippen LogP contribution < -0.4 is 4.72 Å². The molecule has 0 amide bonds.